The number of anilines is 2. The van der Waals surface area contributed by atoms with Gasteiger partial charge in [0.05, 0.1) is 0 Å². The summed E-state index contributed by atoms with van der Waals surface area (Å²) in [6.45, 7) is 18.7. The van der Waals surface area contributed by atoms with Crippen molar-refractivity contribution in [3.8, 4) is 0 Å². The fourth-order valence-corrected chi connectivity index (χ4v) is 3.25. The zero-order valence-corrected chi connectivity index (χ0v) is 27.8. The average Bonchev–Trinajstić information content (AvgIpc) is 3.02. The number of aryl methyl sites for hydroxylation is 2. The molecule has 1 amide bonds. The van der Waals surface area contributed by atoms with Crippen LogP contribution in [0.15, 0.2) is 91.1 Å². The number of hydrogen-bond donors (Lipinski definition) is 2. The molecule has 1 atom stereocenters. The topological polar surface area (TPSA) is 84.0 Å². The third-order valence-electron chi connectivity index (χ3n) is 5.44. The molecule has 0 saturated carbocycles. The largest absolute Gasteiger partial charge is 0.385 e. The highest BCUT2D eigenvalue weighted by Crippen LogP contribution is 2.18. The van der Waals surface area contributed by atoms with E-state index in [4.69, 9.17) is 0 Å². The van der Waals surface area contributed by atoms with Gasteiger partial charge in [-0.25, -0.2) is 9.97 Å². The number of amides is 1. The first-order valence-electron chi connectivity index (χ1n) is 14.7. The Morgan fingerprint density at radius 1 is 0.810 bits per heavy atom. The SMILES string of the molecule is CC.CC.CCNc1ccccc1.CC[P+](C)=O.Cc1ccnc(Cc2cc(NC(=O)c3ccccc3)ccc2C)n1. The summed E-state index contributed by atoms with van der Waals surface area (Å²) in [7, 11) is -0.848. The summed E-state index contributed by atoms with van der Waals surface area (Å²) in [5, 5.41) is 6.15. The van der Waals surface area contributed by atoms with E-state index in [-0.39, 0.29) is 5.91 Å². The fourth-order valence-electron chi connectivity index (χ4n) is 3.25. The summed E-state index contributed by atoms with van der Waals surface area (Å²) in [5.74, 6) is 0.668. The van der Waals surface area contributed by atoms with Crippen molar-refractivity contribution >= 4 is 25.1 Å². The van der Waals surface area contributed by atoms with Crippen LogP contribution >= 0.6 is 7.80 Å². The van der Waals surface area contributed by atoms with Gasteiger partial charge in [0.25, 0.3) is 5.91 Å². The Morgan fingerprint density at radius 3 is 1.90 bits per heavy atom. The number of rotatable bonds is 7. The molecule has 0 aliphatic heterocycles. The molecule has 7 heteroatoms. The first-order valence-corrected chi connectivity index (χ1v) is 16.6. The van der Waals surface area contributed by atoms with Gasteiger partial charge in [-0.2, -0.15) is 0 Å². The fraction of sp³-hybridized carbons (Fsp3) is 0.343. The third kappa shape index (κ3) is 16.4. The number of benzene rings is 3. The Balaban J connectivity index is 0.000000769. The zero-order valence-electron chi connectivity index (χ0n) is 26.9. The summed E-state index contributed by atoms with van der Waals surface area (Å²) < 4.78 is 9.96. The van der Waals surface area contributed by atoms with Crippen LogP contribution in [0.4, 0.5) is 11.4 Å². The van der Waals surface area contributed by atoms with E-state index in [1.807, 2.05) is 109 Å². The molecule has 0 aliphatic carbocycles. The van der Waals surface area contributed by atoms with Crippen molar-refractivity contribution in [3.63, 3.8) is 0 Å². The normalized spacial score (nSPS) is 9.50. The van der Waals surface area contributed by atoms with Gasteiger partial charge in [0.2, 0.25) is 0 Å². The van der Waals surface area contributed by atoms with Crippen molar-refractivity contribution in [3.05, 3.63) is 119 Å². The molecule has 2 N–H and O–H groups in total. The molecule has 4 aromatic rings. The van der Waals surface area contributed by atoms with Gasteiger partial charge in [0.15, 0.2) is 0 Å². The lowest BCUT2D eigenvalue weighted by molar-refractivity contribution is 0.102. The van der Waals surface area contributed by atoms with Gasteiger partial charge >= 0.3 is 7.80 Å². The van der Waals surface area contributed by atoms with E-state index >= 15 is 0 Å². The summed E-state index contributed by atoms with van der Waals surface area (Å²) in [6.07, 6.45) is 3.23. The van der Waals surface area contributed by atoms with Crippen LogP contribution in [-0.2, 0) is 11.0 Å². The smallest absolute Gasteiger partial charge is 0.335 e. The lowest BCUT2D eigenvalue weighted by Gasteiger charge is -2.10. The summed E-state index contributed by atoms with van der Waals surface area (Å²) in [4.78, 5) is 21.0. The highest BCUT2D eigenvalue weighted by Gasteiger charge is 2.08. The second-order valence-electron chi connectivity index (χ2n) is 8.59. The van der Waals surface area contributed by atoms with E-state index in [1.54, 1.807) is 25.0 Å². The maximum Gasteiger partial charge on any atom is 0.335 e. The summed E-state index contributed by atoms with van der Waals surface area (Å²) in [6, 6.07) is 27.2. The van der Waals surface area contributed by atoms with Crippen LogP contribution < -0.4 is 10.6 Å². The van der Waals surface area contributed by atoms with Crippen LogP contribution in [0.25, 0.3) is 0 Å². The minimum Gasteiger partial charge on any atom is -0.385 e. The van der Waals surface area contributed by atoms with Crippen molar-refractivity contribution in [2.75, 3.05) is 30.0 Å². The number of nitrogens with one attached hydrogen (secondary N) is 2. The Hall–Kier alpha value is -3.89. The Kier molecular flexibility index (Phi) is 21.6. The molecular formula is C35H50N4O2P+. The molecule has 6 nitrogen and oxygen atoms in total. The molecule has 0 radical (unpaired) electrons. The number of carbonyl (C=O) groups is 1. The van der Waals surface area contributed by atoms with Crippen molar-refractivity contribution in [1.29, 1.82) is 0 Å². The molecule has 0 saturated heterocycles. The molecule has 0 spiro atoms. The third-order valence-corrected chi connectivity index (χ3v) is 6.33. The van der Waals surface area contributed by atoms with Gasteiger partial charge in [-0.3, -0.25) is 4.79 Å². The minimum atomic E-state index is -0.848. The molecular weight excluding hydrogens is 539 g/mol. The van der Waals surface area contributed by atoms with E-state index in [2.05, 4.69) is 39.7 Å². The van der Waals surface area contributed by atoms with Crippen LogP contribution in [0, 0.1) is 13.8 Å². The predicted molar refractivity (Wildman–Crippen MR) is 183 cm³/mol. The zero-order chi connectivity index (χ0) is 31.8. The van der Waals surface area contributed by atoms with E-state index in [1.165, 1.54) is 5.69 Å². The first kappa shape index (κ1) is 38.1. The number of para-hydroxylation sites is 1. The van der Waals surface area contributed by atoms with E-state index in [0.717, 1.165) is 41.0 Å². The first-order chi connectivity index (χ1) is 20.3. The Morgan fingerprint density at radius 2 is 1.38 bits per heavy atom. The van der Waals surface area contributed by atoms with Crippen LogP contribution in [0.1, 0.15) is 74.5 Å². The number of hydrogen-bond acceptors (Lipinski definition) is 5. The van der Waals surface area contributed by atoms with E-state index in [0.29, 0.717) is 12.0 Å². The minimum absolute atomic E-state index is 0.114. The molecule has 1 aromatic heterocycles. The second kappa shape index (κ2) is 23.8. The molecule has 0 fully saturated rings. The van der Waals surface area contributed by atoms with Crippen molar-refractivity contribution in [2.45, 2.75) is 61.8 Å². The highest BCUT2D eigenvalue weighted by atomic mass is 31.1. The second-order valence-corrected chi connectivity index (χ2v) is 10.5. The van der Waals surface area contributed by atoms with Crippen LogP contribution in [-0.4, -0.2) is 35.2 Å². The lowest BCUT2D eigenvalue weighted by Crippen LogP contribution is -2.12. The molecule has 3 aromatic carbocycles. The maximum absolute atomic E-state index is 12.3. The Labute approximate surface area is 255 Å². The molecule has 0 bridgehead atoms. The van der Waals surface area contributed by atoms with Crippen molar-refractivity contribution in [1.82, 2.24) is 9.97 Å². The van der Waals surface area contributed by atoms with Gasteiger partial charge in [-0.15, -0.1) is 0 Å². The molecule has 226 valence electrons. The van der Waals surface area contributed by atoms with Crippen LogP contribution in [0.3, 0.4) is 0 Å². The molecule has 4 rings (SSSR count). The molecule has 0 aliphatic rings. The van der Waals surface area contributed by atoms with E-state index in [9.17, 15) is 9.36 Å². The monoisotopic (exact) mass is 589 g/mol. The van der Waals surface area contributed by atoms with Gasteiger partial charge in [-0.05, 0) is 81.3 Å². The predicted octanol–water partition coefficient (Wildman–Crippen LogP) is 9.57. The van der Waals surface area contributed by atoms with Gasteiger partial charge in [-0.1, -0.05) is 74.7 Å². The van der Waals surface area contributed by atoms with Gasteiger partial charge in [0.1, 0.15) is 18.7 Å². The van der Waals surface area contributed by atoms with Crippen LogP contribution in [0.5, 0.6) is 0 Å². The quantitative estimate of drug-likeness (QED) is 0.210. The van der Waals surface area contributed by atoms with E-state index < -0.39 is 7.80 Å². The van der Waals surface area contributed by atoms with Crippen molar-refractivity contribution in [2.24, 2.45) is 0 Å². The number of nitrogens with zero attached hydrogens (tertiary/aromatic N) is 2. The maximum atomic E-state index is 12.3. The summed E-state index contributed by atoms with van der Waals surface area (Å²) in [5.41, 5.74) is 5.81. The molecule has 1 unspecified atom stereocenters. The molecule has 1 heterocycles. The molecule has 42 heavy (non-hydrogen) atoms. The lowest BCUT2D eigenvalue weighted by atomic mass is 10.0. The Bertz CT molecular complexity index is 1280. The number of carbonyl (C=O) groups excluding carboxylic acids is 1. The van der Waals surface area contributed by atoms with Gasteiger partial charge in [0, 0.05) is 41.8 Å². The average molecular weight is 590 g/mol. The highest BCUT2D eigenvalue weighted by molar-refractivity contribution is 7.43. The standard InChI is InChI=1S/C20H19N3O.C8H11N.C3H8OP.2C2H6/c1-14-8-9-18(23-20(24)16-6-4-3-5-7-16)12-17(14)13-19-21-11-10-15(2)22-19;1-2-9-8-6-4-3-5-7-8;1-3-5(2)4;2*1-2/h3-12H,13H2,1-2H3,(H,23,24);3-7,9H,2H2,1H3;3H2,1-2H3;2*1-2H3/q;;+1;;. The number of aromatic nitrogens is 2. The van der Waals surface area contributed by atoms with Crippen molar-refractivity contribution < 1.29 is 9.36 Å². The summed E-state index contributed by atoms with van der Waals surface area (Å²) >= 11 is 0. The van der Waals surface area contributed by atoms with Gasteiger partial charge < -0.3 is 10.6 Å². The van der Waals surface area contributed by atoms with Crippen LogP contribution in [0.2, 0.25) is 0 Å².